The SMILES string of the molecule is Cn1cc(CNC(C)(CC2=CCCCC2)C(=O)O)cn1. The Morgan fingerprint density at radius 3 is 2.90 bits per heavy atom. The molecule has 1 unspecified atom stereocenters. The predicted octanol–water partition coefficient (Wildman–Crippen LogP) is 2.24. The Balaban J connectivity index is 2.00. The number of nitrogens with one attached hydrogen (secondary N) is 1. The Morgan fingerprint density at radius 2 is 2.35 bits per heavy atom. The molecule has 1 atom stereocenters. The van der Waals surface area contributed by atoms with Crippen LogP contribution in [0.2, 0.25) is 0 Å². The summed E-state index contributed by atoms with van der Waals surface area (Å²) in [6.45, 7) is 2.28. The maximum absolute atomic E-state index is 11.6. The van der Waals surface area contributed by atoms with Crippen molar-refractivity contribution in [2.24, 2.45) is 7.05 Å². The van der Waals surface area contributed by atoms with Crippen LogP contribution in [0.3, 0.4) is 0 Å². The maximum atomic E-state index is 11.6. The highest BCUT2D eigenvalue weighted by Crippen LogP contribution is 2.26. The summed E-state index contributed by atoms with van der Waals surface area (Å²) in [6, 6.07) is 0. The van der Waals surface area contributed by atoms with Crippen LogP contribution in [0.15, 0.2) is 24.0 Å². The van der Waals surface area contributed by atoms with Crippen molar-refractivity contribution in [3.05, 3.63) is 29.6 Å². The molecule has 110 valence electrons. The fraction of sp³-hybridized carbons (Fsp3) is 0.600. The van der Waals surface area contributed by atoms with Crippen molar-refractivity contribution in [2.45, 2.75) is 51.1 Å². The lowest BCUT2D eigenvalue weighted by Gasteiger charge is -2.28. The molecule has 1 aliphatic carbocycles. The second kappa shape index (κ2) is 6.22. The van der Waals surface area contributed by atoms with Gasteiger partial charge in [-0.25, -0.2) is 0 Å². The zero-order valence-electron chi connectivity index (χ0n) is 12.2. The lowest BCUT2D eigenvalue weighted by molar-refractivity contribution is -0.144. The number of carboxylic acids is 1. The zero-order chi connectivity index (χ0) is 14.6. The normalized spacial score (nSPS) is 18.4. The van der Waals surface area contributed by atoms with Gasteiger partial charge in [-0.2, -0.15) is 5.10 Å². The second-order valence-corrected chi connectivity index (χ2v) is 5.80. The number of nitrogens with zero attached hydrogens (tertiary/aromatic N) is 2. The van der Waals surface area contributed by atoms with Crippen LogP contribution in [0, 0.1) is 0 Å². The van der Waals surface area contributed by atoms with E-state index in [0.717, 1.165) is 18.4 Å². The molecule has 0 bridgehead atoms. The number of aryl methyl sites for hydroxylation is 1. The van der Waals surface area contributed by atoms with Crippen molar-refractivity contribution in [3.8, 4) is 0 Å². The first-order valence-electron chi connectivity index (χ1n) is 7.13. The minimum Gasteiger partial charge on any atom is -0.480 e. The molecule has 0 radical (unpaired) electrons. The molecule has 0 amide bonds. The highest BCUT2D eigenvalue weighted by Gasteiger charge is 2.33. The average molecular weight is 277 g/mol. The van der Waals surface area contributed by atoms with Crippen LogP contribution in [0.4, 0.5) is 0 Å². The van der Waals surface area contributed by atoms with E-state index in [0.29, 0.717) is 13.0 Å². The Hall–Kier alpha value is -1.62. The van der Waals surface area contributed by atoms with E-state index in [9.17, 15) is 9.90 Å². The van der Waals surface area contributed by atoms with E-state index in [2.05, 4.69) is 16.5 Å². The molecule has 0 aromatic carbocycles. The molecule has 0 aliphatic heterocycles. The zero-order valence-corrected chi connectivity index (χ0v) is 12.2. The molecule has 5 heteroatoms. The summed E-state index contributed by atoms with van der Waals surface area (Å²) in [6.07, 6.45) is 10.9. The molecule has 2 rings (SSSR count). The van der Waals surface area contributed by atoms with Crippen molar-refractivity contribution in [1.82, 2.24) is 15.1 Å². The molecular weight excluding hydrogens is 254 g/mol. The summed E-state index contributed by atoms with van der Waals surface area (Å²) in [5, 5.41) is 16.8. The van der Waals surface area contributed by atoms with Gasteiger partial charge in [-0.05, 0) is 39.0 Å². The average Bonchev–Trinajstić information content (AvgIpc) is 2.83. The molecule has 5 nitrogen and oxygen atoms in total. The molecule has 1 aromatic rings. The first-order valence-corrected chi connectivity index (χ1v) is 7.13. The monoisotopic (exact) mass is 277 g/mol. The maximum Gasteiger partial charge on any atom is 0.323 e. The Bertz CT molecular complexity index is 507. The van der Waals surface area contributed by atoms with E-state index >= 15 is 0 Å². The van der Waals surface area contributed by atoms with E-state index in [1.807, 2.05) is 13.2 Å². The van der Waals surface area contributed by atoms with Crippen molar-refractivity contribution in [1.29, 1.82) is 0 Å². The number of hydrogen-bond acceptors (Lipinski definition) is 3. The Morgan fingerprint density at radius 1 is 1.55 bits per heavy atom. The van der Waals surface area contributed by atoms with Crippen LogP contribution >= 0.6 is 0 Å². The number of aliphatic carboxylic acids is 1. The van der Waals surface area contributed by atoms with E-state index in [1.165, 1.54) is 18.4 Å². The van der Waals surface area contributed by atoms with Gasteiger partial charge in [0.2, 0.25) is 0 Å². The van der Waals surface area contributed by atoms with Crippen LogP contribution in [0.1, 0.15) is 44.6 Å². The van der Waals surface area contributed by atoms with Gasteiger partial charge in [-0.15, -0.1) is 0 Å². The third-order valence-corrected chi connectivity index (χ3v) is 3.88. The van der Waals surface area contributed by atoms with Gasteiger partial charge < -0.3 is 5.11 Å². The predicted molar refractivity (Wildman–Crippen MR) is 77.3 cm³/mol. The number of carboxylic acid groups (broad SMARTS) is 1. The van der Waals surface area contributed by atoms with Gasteiger partial charge in [0.25, 0.3) is 0 Å². The van der Waals surface area contributed by atoms with Crippen LogP contribution in [0.25, 0.3) is 0 Å². The molecule has 0 saturated carbocycles. The number of hydrogen-bond donors (Lipinski definition) is 2. The topological polar surface area (TPSA) is 67.2 Å². The second-order valence-electron chi connectivity index (χ2n) is 5.80. The summed E-state index contributed by atoms with van der Waals surface area (Å²) < 4.78 is 1.72. The van der Waals surface area contributed by atoms with Gasteiger partial charge in [0.1, 0.15) is 5.54 Å². The number of rotatable bonds is 6. The number of carbonyl (C=O) groups is 1. The standard InChI is InChI=1S/C15H23N3O2/c1-15(14(19)20,8-12-6-4-3-5-7-12)16-9-13-10-17-18(2)11-13/h6,10-11,16H,3-5,7-9H2,1-2H3,(H,19,20). The summed E-state index contributed by atoms with van der Waals surface area (Å²) in [7, 11) is 1.85. The first kappa shape index (κ1) is 14.8. The molecule has 0 fully saturated rings. The Kier molecular flexibility index (Phi) is 4.60. The van der Waals surface area contributed by atoms with Crippen molar-refractivity contribution in [2.75, 3.05) is 0 Å². The molecule has 0 saturated heterocycles. The third kappa shape index (κ3) is 3.70. The molecule has 0 spiro atoms. The first-order chi connectivity index (χ1) is 9.49. The smallest absolute Gasteiger partial charge is 0.323 e. The molecule has 1 aromatic heterocycles. The summed E-state index contributed by atoms with van der Waals surface area (Å²) in [4.78, 5) is 11.6. The quantitative estimate of drug-likeness (QED) is 0.783. The van der Waals surface area contributed by atoms with Gasteiger partial charge in [-0.1, -0.05) is 11.6 Å². The molecule has 1 heterocycles. The third-order valence-electron chi connectivity index (χ3n) is 3.88. The molecule has 20 heavy (non-hydrogen) atoms. The highest BCUT2D eigenvalue weighted by atomic mass is 16.4. The van der Waals surface area contributed by atoms with Crippen molar-refractivity contribution < 1.29 is 9.90 Å². The van der Waals surface area contributed by atoms with Crippen LogP contribution in [-0.4, -0.2) is 26.4 Å². The lowest BCUT2D eigenvalue weighted by atomic mass is 9.87. The van der Waals surface area contributed by atoms with Gasteiger partial charge in [0.15, 0.2) is 0 Å². The Labute approximate surface area is 119 Å². The van der Waals surface area contributed by atoms with Crippen LogP contribution < -0.4 is 5.32 Å². The van der Waals surface area contributed by atoms with Crippen LogP contribution in [0.5, 0.6) is 0 Å². The van der Waals surface area contributed by atoms with Crippen LogP contribution in [-0.2, 0) is 18.4 Å². The molecule has 1 aliphatic rings. The minimum atomic E-state index is -0.918. The fourth-order valence-corrected chi connectivity index (χ4v) is 2.59. The van der Waals surface area contributed by atoms with Gasteiger partial charge in [0, 0.05) is 25.4 Å². The van der Waals surface area contributed by atoms with Gasteiger partial charge in [0.05, 0.1) is 6.20 Å². The fourth-order valence-electron chi connectivity index (χ4n) is 2.59. The minimum absolute atomic E-state index is 0.518. The summed E-state index contributed by atoms with van der Waals surface area (Å²) in [5.74, 6) is -0.798. The largest absolute Gasteiger partial charge is 0.480 e. The molecular formula is C15H23N3O2. The van der Waals surface area contributed by atoms with E-state index in [1.54, 1.807) is 17.8 Å². The molecule has 2 N–H and O–H groups in total. The van der Waals surface area contributed by atoms with E-state index in [4.69, 9.17) is 0 Å². The van der Waals surface area contributed by atoms with E-state index < -0.39 is 11.5 Å². The number of aromatic nitrogens is 2. The van der Waals surface area contributed by atoms with Crippen molar-refractivity contribution in [3.63, 3.8) is 0 Å². The highest BCUT2D eigenvalue weighted by molar-refractivity contribution is 5.78. The van der Waals surface area contributed by atoms with Gasteiger partial charge >= 0.3 is 5.97 Å². The summed E-state index contributed by atoms with van der Waals surface area (Å²) >= 11 is 0. The number of allylic oxidation sites excluding steroid dienone is 1. The van der Waals surface area contributed by atoms with Crippen molar-refractivity contribution >= 4 is 5.97 Å². The lowest BCUT2D eigenvalue weighted by Crippen LogP contribution is -2.49. The van der Waals surface area contributed by atoms with Gasteiger partial charge in [-0.3, -0.25) is 14.8 Å². The van der Waals surface area contributed by atoms with E-state index in [-0.39, 0.29) is 0 Å². The summed E-state index contributed by atoms with van der Waals surface area (Å²) in [5.41, 5.74) is 1.34.